The first kappa shape index (κ1) is 17.3. The summed E-state index contributed by atoms with van der Waals surface area (Å²) in [7, 11) is -3.30. The van der Waals surface area contributed by atoms with Gasteiger partial charge >= 0.3 is 0 Å². The average molecular weight is 319 g/mol. The summed E-state index contributed by atoms with van der Waals surface area (Å²) in [4.78, 5) is 2.28. The fourth-order valence-corrected chi connectivity index (χ4v) is 3.32. The Hall–Kier alpha value is -0.780. The molecule has 0 radical (unpaired) electrons. The molecule has 0 heterocycles. The molecule has 0 aliphatic rings. The molecule has 1 rings (SSSR count). The molecule has 0 saturated carbocycles. The third-order valence-electron chi connectivity index (χ3n) is 3.05. The summed E-state index contributed by atoms with van der Waals surface area (Å²) in [6.45, 7) is 7.00. The number of alkyl halides is 1. The largest absolute Gasteiger partial charge is 0.300 e. The highest BCUT2D eigenvalue weighted by Crippen LogP contribution is 2.14. The van der Waals surface area contributed by atoms with Gasteiger partial charge in [-0.05, 0) is 37.2 Å². The van der Waals surface area contributed by atoms with Crippen molar-refractivity contribution in [3.05, 3.63) is 29.8 Å². The summed E-state index contributed by atoms with van der Waals surface area (Å²) < 4.78 is 26.2. The van der Waals surface area contributed by atoms with E-state index in [1.165, 1.54) is 0 Å². The number of hydrogen-bond acceptors (Lipinski definition) is 3. The van der Waals surface area contributed by atoms with Crippen LogP contribution < -0.4 is 4.72 Å². The van der Waals surface area contributed by atoms with E-state index in [-0.39, 0.29) is 5.75 Å². The Bertz CT molecular complexity index is 502. The lowest BCUT2D eigenvalue weighted by atomic mass is 10.2. The monoisotopic (exact) mass is 318 g/mol. The second-order valence-electron chi connectivity index (χ2n) is 4.63. The molecule has 0 bridgehead atoms. The summed E-state index contributed by atoms with van der Waals surface area (Å²) in [6, 6.07) is 7.54. The zero-order valence-corrected chi connectivity index (χ0v) is 13.7. The third-order valence-corrected chi connectivity index (χ3v) is 4.69. The molecule has 0 spiro atoms. The Morgan fingerprint density at radius 2 is 1.95 bits per heavy atom. The SMILES string of the molecule is CCN(CC)Cc1cccc(NS(=O)(=O)CCCCl)c1. The normalized spacial score (nSPS) is 11.8. The van der Waals surface area contributed by atoms with Gasteiger partial charge in [-0.15, -0.1) is 11.6 Å². The van der Waals surface area contributed by atoms with Crippen LogP contribution in [0.25, 0.3) is 0 Å². The summed E-state index contributed by atoms with van der Waals surface area (Å²) in [5.41, 5.74) is 1.72. The molecule has 1 aromatic rings. The van der Waals surface area contributed by atoms with Crippen LogP contribution in [0.4, 0.5) is 5.69 Å². The van der Waals surface area contributed by atoms with E-state index in [2.05, 4.69) is 23.5 Å². The van der Waals surface area contributed by atoms with Crippen molar-refractivity contribution in [1.29, 1.82) is 0 Å². The molecule has 4 nitrogen and oxygen atoms in total. The van der Waals surface area contributed by atoms with Crippen molar-refractivity contribution in [3.63, 3.8) is 0 Å². The number of rotatable bonds is 9. The van der Waals surface area contributed by atoms with Crippen molar-refractivity contribution < 1.29 is 8.42 Å². The van der Waals surface area contributed by atoms with E-state index in [4.69, 9.17) is 11.6 Å². The third kappa shape index (κ3) is 6.11. The number of nitrogens with one attached hydrogen (secondary N) is 1. The molecule has 6 heteroatoms. The maximum atomic E-state index is 11.8. The number of nitrogens with zero attached hydrogens (tertiary/aromatic N) is 1. The Kier molecular flexibility index (Phi) is 7.34. The van der Waals surface area contributed by atoms with Crippen LogP contribution in [0.3, 0.4) is 0 Å². The summed E-state index contributed by atoms with van der Waals surface area (Å²) in [5.74, 6) is 0.402. The summed E-state index contributed by atoms with van der Waals surface area (Å²) >= 11 is 5.53. The topological polar surface area (TPSA) is 49.4 Å². The first-order valence-electron chi connectivity index (χ1n) is 6.88. The van der Waals surface area contributed by atoms with Gasteiger partial charge in [0.2, 0.25) is 10.0 Å². The van der Waals surface area contributed by atoms with Crippen molar-refractivity contribution in [2.75, 3.05) is 29.4 Å². The van der Waals surface area contributed by atoms with Crippen molar-refractivity contribution in [2.24, 2.45) is 0 Å². The maximum Gasteiger partial charge on any atom is 0.232 e. The molecule has 1 aromatic carbocycles. The minimum Gasteiger partial charge on any atom is -0.300 e. The average Bonchev–Trinajstić information content (AvgIpc) is 2.42. The van der Waals surface area contributed by atoms with E-state index in [1.54, 1.807) is 6.07 Å². The van der Waals surface area contributed by atoms with Crippen LogP contribution in [0.15, 0.2) is 24.3 Å². The molecular formula is C14H23ClN2O2S. The van der Waals surface area contributed by atoms with Crippen LogP contribution in [0, 0.1) is 0 Å². The Morgan fingerprint density at radius 1 is 1.25 bits per heavy atom. The standard InChI is InChI=1S/C14H23ClN2O2S/c1-3-17(4-2)12-13-7-5-8-14(11-13)16-20(18,19)10-6-9-15/h5,7-8,11,16H,3-4,6,9-10,12H2,1-2H3. The minimum atomic E-state index is -3.30. The molecule has 0 atom stereocenters. The maximum absolute atomic E-state index is 11.8. The van der Waals surface area contributed by atoms with Gasteiger partial charge in [-0.3, -0.25) is 9.62 Å². The molecule has 0 fully saturated rings. The Labute approximate surface area is 127 Å². The van der Waals surface area contributed by atoms with Crippen LogP contribution in [0.5, 0.6) is 0 Å². The molecule has 0 aliphatic carbocycles. The molecular weight excluding hydrogens is 296 g/mol. The fraction of sp³-hybridized carbons (Fsp3) is 0.571. The van der Waals surface area contributed by atoms with E-state index in [1.807, 2.05) is 18.2 Å². The minimum absolute atomic E-state index is 0.0524. The number of benzene rings is 1. The van der Waals surface area contributed by atoms with Crippen LogP contribution >= 0.6 is 11.6 Å². The van der Waals surface area contributed by atoms with Gasteiger partial charge in [0.05, 0.1) is 5.75 Å². The lowest BCUT2D eigenvalue weighted by Crippen LogP contribution is -2.22. The van der Waals surface area contributed by atoms with Crippen molar-refractivity contribution in [1.82, 2.24) is 4.90 Å². The molecule has 20 heavy (non-hydrogen) atoms. The number of halogens is 1. The van der Waals surface area contributed by atoms with Gasteiger partial charge in [-0.1, -0.05) is 26.0 Å². The van der Waals surface area contributed by atoms with Gasteiger partial charge in [-0.2, -0.15) is 0 Å². The molecule has 0 amide bonds. The molecule has 0 aliphatic heterocycles. The van der Waals surface area contributed by atoms with E-state index in [9.17, 15) is 8.42 Å². The van der Waals surface area contributed by atoms with Crippen LogP contribution in [-0.4, -0.2) is 38.0 Å². The van der Waals surface area contributed by atoms with E-state index in [0.717, 1.165) is 25.2 Å². The molecule has 0 aromatic heterocycles. The number of anilines is 1. The zero-order valence-electron chi connectivity index (χ0n) is 12.1. The van der Waals surface area contributed by atoms with Crippen LogP contribution in [0.1, 0.15) is 25.8 Å². The summed E-state index contributed by atoms with van der Waals surface area (Å²) in [6.07, 6.45) is 0.454. The van der Waals surface area contributed by atoms with Gasteiger partial charge in [-0.25, -0.2) is 8.42 Å². The predicted octanol–water partition coefficient (Wildman–Crippen LogP) is 2.90. The molecule has 1 N–H and O–H groups in total. The quantitative estimate of drug-likeness (QED) is 0.712. The zero-order chi connectivity index (χ0) is 15.0. The van der Waals surface area contributed by atoms with Gasteiger partial charge in [0.1, 0.15) is 0 Å². The molecule has 0 unspecified atom stereocenters. The lowest BCUT2D eigenvalue weighted by molar-refractivity contribution is 0.296. The van der Waals surface area contributed by atoms with Gasteiger partial charge in [0.15, 0.2) is 0 Å². The highest BCUT2D eigenvalue weighted by atomic mass is 35.5. The second kappa shape index (κ2) is 8.49. The Balaban J connectivity index is 2.73. The Morgan fingerprint density at radius 3 is 2.55 bits per heavy atom. The van der Waals surface area contributed by atoms with E-state index in [0.29, 0.717) is 18.0 Å². The highest BCUT2D eigenvalue weighted by molar-refractivity contribution is 7.92. The smallest absolute Gasteiger partial charge is 0.232 e. The van der Waals surface area contributed by atoms with Crippen molar-refractivity contribution >= 4 is 27.3 Å². The van der Waals surface area contributed by atoms with Crippen LogP contribution in [0.2, 0.25) is 0 Å². The predicted molar refractivity (Wildman–Crippen MR) is 85.8 cm³/mol. The molecule has 0 saturated heterocycles. The first-order chi connectivity index (χ1) is 9.50. The van der Waals surface area contributed by atoms with Crippen LogP contribution in [-0.2, 0) is 16.6 Å². The van der Waals surface area contributed by atoms with Gasteiger partial charge in [0, 0.05) is 18.1 Å². The van der Waals surface area contributed by atoms with Gasteiger partial charge in [0.25, 0.3) is 0 Å². The fourth-order valence-electron chi connectivity index (χ4n) is 1.91. The van der Waals surface area contributed by atoms with Crippen molar-refractivity contribution in [3.8, 4) is 0 Å². The number of sulfonamides is 1. The van der Waals surface area contributed by atoms with E-state index >= 15 is 0 Å². The first-order valence-corrected chi connectivity index (χ1v) is 9.07. The highest BCUT2D eigenvalue weighted by Gasteiger charge is 2.10. The van der Waals surface area contributed by atoms with E-state index < -0.39 is 10.0 Å². The van der Waals surface area contributed by atoms with Crippen molar-refractivity contribution in [2.45, 2.75) is 26.8 Å². The molecule has 114 valence electrons. The lowest BCUT2D eigenvalue weighted by Gasteiger charge is -2.18. The van der Waals surface area contributed by atoms with Gasteiger partial charge < -0.3 is 0 Å². The second-order valence-corrected chi connectivity index (χ2v) is 6.85. The summed E-state index contributed by atoms with van der Waals surface area (Å²) in [5, 5.41) is 0. The number of hydrogen-bond donors (Lipinski definition) is 1.